The SMILES string of the molecule is CCCOC(=O)CC(N)c1cccc(O)c1. The fraction of sp³-hybridized carbons (Fsp3) is 0.417. The summed E-state index contributed by atoms with van der Waals surface area (Å²) in [5.41, 5.74) is 6.55. The number of rotatable bonds is 5. The Labute approximate surface area is 95.0 Å². The monoisotopic (exact) mass is 223 g/mol. The summed E-state index contributed by atoms with van der Waals surface area (Å²) in [6, 6.07) is 6.15. The van der Waals surface area contributed by atoms with Gasteiger partial charge in [0.1, 0.15) is 5.75 Å². The molecule has 0 aliphatic rings. The molecular formula is C12H17NO3. The third-order valence-electron chi connectivity index (χ3n) is 2.15. The fourth-order valence-electron chi connectivity index (χ4n) is 1.33. The number of hydrogen-bond donors (Lipinski definition) is 2. The van der Waals surface area contributed by atoms with Crippen molar-refractivity contribution in [1.82, 2.24) is 0 Å². The highest BCUT2D eigenvalue weighted by Gasteiger charge is 2.12. The second-order valence-electron chi connectivity index (χ2n) is 3.63. The summed E-state index contributed by atoms with van der Waals surface area (Å²) in [5.74, 6) is -0.160. The molecule has 1 aromatic rings. The maximum absolute atomic E-state index is 11.3. The summed E-state index contributed by atoms with van der Waals surface area (Å²) >= 11 is 0. The zero-order valence-corrected chi connectivity index (χ0v) is 9.35. The topological polar surface area (TPSA) is 72.5 Å². The quantitative estimate of drug-likeness (QED) is 0.746. The van der Waals surface area contributed by atoms with Crippen molar-refractivity contribution in [3.8, 4) is 5.75 Å². The first-order valence-corrected chi connectivity index (χ1v) is 5.33. The molecule has 0 aromatic heterocycles. The van der Waals surface area contributed by atoms with Crippen LogP contribution in [0.3, 0.4) is 0 Å². The zero-order valence-electron chi connectivity index (χ0n) is 9.35. The normalized spacial score (nSPS) is 12.1. The van der Waals surface area contributed by atoms with E-state index in [-0.39, 0.29) is 18.1 Å². The predicted molar refractivity (Wildman–Crippen MR) is 60.9 cm³/mol. The standard InChI is InChI=1S/C12H17NO3/c1-2-6-16-12(15)8-11(13)9-4-3-5-10(14)7-9/h3-5,7,11,14H,2,6,8,13H2,1H3. The molecule has 16 heavy (non-hydrogen) atoms. The third-order valence-corrected chi connectivity index (χ3v) is 2.15. The minimum Gasteiger partial charge on any atom is -0.508 e. The van der Waals surface area contributed by atoms with Gasteiger partial charge in [-0.05, 0) is 24.1 Å². The van der Waals surface area contributed by atoms with Crippen molar-refractivity contribution >= 4 is 5.97 Å². The van der Waals surface area contributed by atoms with Crippen LogP contribution in [0.5, 0.6) is 5.75 Å². The molecule has 0 spiro atoms. The van der Waals surface area contributed by atoms with Crippen LogP contribution in [0.2, 0.25) is 0 Å². The molecule has 1 unspecified atom stereocenters. The van der Waals surface area contributed by atoms with Gasteiger partial charge in [-0.25, -0.2) is 0 Å². The van der Waals surface area contributed by atoms with Gasteiger partial charge < -0.3 is 15.6 Å². The Balaban J connectivity index is 2.52. The number of esters is 1. The summed E-state index contributed by atoms with van der Waals surface area (Å²) in [7, 11) is 0. The summed E-state index contributed by atoms with van der Waals surface area (Å²) in [6.45, 7) is 2.36. The maximum Gasteiger partial charge on any atom is 0.307 e. The second-order valence-corrected chi connectivity index (χ2v) is 3.63. The van der Waals surface area contributed by atoms with Gasteiger partial charge in [0.2, 0.25) is 0 Å². The molecule has 4 nitrogen and oxygen atoms in total. The second kappa shape index (κ2) is 6.12. The van der Waals surface area contributed by atoms with E-state index in [1.54, 1.807) is 24.3 Å². The van der Waals surface area contributed by atoms with Crippen LogP contribution in [0.1, 0.15) is 31.4 Å². The molecule has 1 rings (SSSR count). The highest BCUT2D eigenvalue weighted by molar-refractivity contribution is 5.70. The lowest BCUT2D eigenvalue weighted by Crippen LogP contribution is -2.17. The summed E-state index contributed by atoms with van der Waals surface area (Å²) < 4.78 is 4.93. The summed E-state index contributed by atoms with van der Waals surface area (Å²) in [6.07, 6.45) is 0.927. The van der Waals surface area contributed by atoms with E-state index >= 15 is 0 Å². The van der Waals surface area contributed by atoms with Gasteiger partial charge in [-0.2, -0.15) is 0 Å². The Hall–Kier alpha value is -1.55. The van der Waals surface area contributed by atoms with Crippen molar-refractivity contribution in [3.63, 3.8) is 0 Å². The van der Waals surface area contributed by atoms with Crippen LogP contribution < -0.4 is 5.73 Å². The fourth-order valence-corrected chi connectivity index (χ4v) is 1.33. The van der Waals surface area contributed by atoms with Crippen LogP contribution in [-0.2, 0) is 9.53 Å². The smallest absolute Gasteiger partial charge is 0.307 e. The van der Waals surface area contributed by atoms with E-state index in [2.05, 4.69) is 0 Å². The highest BCUT2D eigenvalue weighted by Crippen LogP contribution is 2.19. The number of nitrogens with two attached hydrogens (primary N) is 1. The number of carbonyl (C=O) groups excluding carboxylic acids is 1. The van der Waals surface area contributed by atoms with Crippen LogP contribution in [0.25, 0.3) is 0 Å². The number of phenols is 1. The number of hydrogen-bond acceptors (Lipinski definition) is 4. The average molecular weight is 223 g/mol. The number of benzene rings is 1. The van der Waals surface area contributed by atoms with Gasteiger partial charge in [-0.1, -0.05) is 19.1 Å². The number of phenolic OH excluding ortho intramolecular Hbond substituents is 1. The lowest BCUT2D eigenvalue weighted by Gasteiger charge is -2.11. The van der Waals surface area contributed by atoms with Gasteiger partial charge in [-0.3, -0.25) is 4.79 Å². The predicted octanol–water partition coefficient (Wildman–Crippen LogP) is 1.74. The zero-order chi connectivity index (χ0) is 12.0. The van der Waals surface area contributed by atoms with Gasteiger partial charge in [-0.15, -0.1) is 0 Å². The first-order valence-electron chi connectivity index (χ1n) is 5.33. The Morgan fingerprint density at radius 1 is 1.56 bits per heavy atom. The molecule has 4 heteroatoms. The molecule has 0 fully saturated rings. The van der Waals surface area contributed by atoms with E-state index in [0.717, 1.165) is 12.0 Å². The summed E-state index contributed by atoms with van der Waals surface area (Å²) in [4.78, 5) is 11.3. The summed E-state index contributed by atoms with van der Waals surface area (Å²) in [5, 5.41) is 9.27. The van der Waals surface area contributed by atoms with Crippen LogP contribution in [-0.4, -0.2) is 17.7 Å². The van der Waals surface area contributed by atoms with E-state index in [1.165, 1.54) is 0 Å². The van der Waals surface area contributed by atoms with Crippen molar-refractivity contribution in [2.45, 2.75) is 25.8 Å². The first kappa shape index (κ1) is 12.5. The van der Waals surface area contributed by atoms with E-state index in [1.807, 2.05) is 6.92 Å². The molecule has 88 valence electrons. The molecule has 1 atom stereocenters. The molecule has 0 radical (unpaired) electrons. The van der Waals surface area contributed by atoms with Crippen molar-refractivity contribution in [1.29, 1.82) is 0 Å². The van der Waals surface area contributed by atoms with E-state index in [0.29, 0.717) is 6.61 Å². The molecule has 0 aliphatic heterocycles. The van der Waals surface area contributed by atoms with Crippen LogP contribution in [0.4, 0.5) is 0 Å². The van der Waals surface area contributed by atoms with Gasteiger partial charge in [0.25, 0.3) is 0 Å². The maximum atomic E-state index is 11.3. The van der Waals surface area contributed by atoms with Crippen LogP contribution in [0.15, 0.2) is 24.3 Å². The van der Waals surface area contributed by atoms with Crippen molar-refractivity contribution in [2.24, 2.45) is 5.73 Å². The van der Waals surface area contributed by atoms with Gasteiger partial charge in [0.15, 0.2) is 0 Å². The number of carbonyl (C=O) groups is 1. The Bertz CT molecular complexity index is 352. The van der Waals surface area contributed by atoms with Gasteiger partial charge in [0.05, 0.1) is 13.0 Å². The number of ether oxygens (including phenoxy) is 1. The molecular weight excluding hydrogens is 206 g/mol. The van der Waals surface area contributed by atoms with Crippen molar-refractivity contribution in [3.05, 3.63) is 29.8 Å². The third kappa shape index (κ3) is 3.90. The molecule has 3 N–H and O–H groups in total. The number of aromatic hydroxyl groups is 1. The van der Waals surface area contributed by atoms with Crippen molar-refractivity contribution < 1.29 is 14.6 Å². The molecule has 1 aromatic carbocycles. The lowest BCUT2D eigenvalue weighted by atomic mass is 10.0. The van der Waals surface area contributed by atoms with Crippen LogP contribution in [0, 0.1) is 0 Å². The molecule has 0 saturated heterocycles. The molecule has 0 heterocycles. The molecule has 0 saturated carbocycles. The van der Waals surface area contributed by atoms with E-state index in [4.69, 9.17) is 10.5 Å². The minimum atomic E-state index is -0.434. The molecule has 0 amide bonds. The molecule has 0 bridgehead atoms. The Morgan fingerprint density at radius 3 is 2.94 bits per heavy atom. The van der Waals surface area contributed by atoms with Gasteiger partial charge in [0, 0.05) is 6.04 Å². The van der Waals surface area contributed by atoms with E-state index in [9.17, 15) is 9.90 Å². The first-order chi connectivity index (χ1) is 7.63. The van der Waals surface area contributed by atoms with Gasteiger partial charge >= 0.3 is 5.97 Å². The highest BCUT2D eigenvalue weighted by atomic mass is 16.5. The Kier molecular flexibility index (Phi) is 4.79. The minimum absolute atomic E-state index is 0.128. The van der Waals surface area contributed by atoms with E-state index < -0.39 is 6.04 Å². The Morgan fingerprint density at radius 2 is 2.31 bits per heavy atom. The van der Waals surface area contributed by atoms with Crippen molar-refractivity contribution in [2.75, 3.05) is 6.61 Å². The average Bonchev–Trinajstić information content (AvgIpc) is 2.26. The largest absolute Gasteiger partial charge is 0.508 e. The van der Waals surface area contributed by atoms with Crippen LogP contribution >= 0.6 is 0 Å². The lowest BCUT2D eigenvalue weighted by molar-refractivity contribution is -0.144. The molecule has 0 aliphatic carbocycles.